The van der Waals surface area contributed by atoms with Crippen LogP contribution in [-0.4, -0.2) is 33.7 Å². The molecule has 0 amide bonds. The summed E-state index contributed by atoms with van der Waals surface area (Å²) in [5.41, 5.74) is 2.80. The summed E-state index contributed by atoms with van der Waals surface area (Å²) in [6, 6.07) is 12.8. The fourth-order valence-electron chi connectivity index (χ4n) is 4.71. The van der Waals surface area contributed by atoms with Crippen LogP contribution in [-0.2, 0) is 9.53 Å². The molecular weight excluding hydrogens is 434 g/mol. The topological polar surface area (TPSA) is 98.9 Å². The number of nitrogens with zero attached hydrogens (tertiary/aromatic N) is 1. The maximum Gasteiger partial charge on any atom is 0.336 e. The molecule has 1 aliphatic heterocycles. The van der Waals surface area contributed by atoms with Gasteiger partial charge in [-0.1, -0.05) is 24.3 Å². The van der Waals surface area contributed by atoms with Crippen LogP contribution >= 0.6 is 0 Å². The third-order valence-electron chi connectivity index (χ3n) is 6.23. The zero-order valence-corrected chi connectivity index (χ0v) is 19.5. The van der Waals surface area contributed by atoms with Crippen LogP contribution in [0, 0.1) is 13.8 Å². The van der Waals surface area contributed by atoms with Crippen LogP contribution in [0.1, 0.15) is 48.2 Å². The van der Waals surface area contributed by atoms with Crippen molar-refractivity contribution in [3.8, 4) is 17.2 Å². The van der Waals surface area contributed by atoms with E-state index in [1.807, 2.05) is 58.0 Å². The molecule has 0 spiro atoms. The number of aromatic carboxylic acids is 1. The van der Waals surface area contributed by atoms with Crippen LogP contribution in [0.5, 0.6) is 5.75 Å². The molecule has 1 fully saturated rings. The summed E-state index contributed by atoms with van der Waals surface area (Å²) in [7, 11) is 0. The predicted octanol–water partition coefficient (Wildman–Crippen LogP) is 5.83. The summed E-state index contributed by atoms with van der Waals surface area (Å²) in [4.78, 5) is 29.3. The van der Waals surface area contributed by atoms with Gasteiger partial charge in [-0.05, 0) is 51.5 Å². The zero-order valence-electron chi connectivity index (χ0n) is 19.5. The Hall–Kier alpha value is -3.87. The van der Waals surface area contributed by atoms with E-state index in [1.165, 1.54) is 6.07 Å². The van der Waals surface area contributed by atoms with Gasteiger partial charge < -0.3 is 19.0 Å². The number of carbonyl (C=O) groups is 2. The average molecular weight is 459 g/mol. The summed E-state index contributed by atoms with van der Waals surface area (Å²) in [6.07, 6.45) is 0.173. The third-order valence-corrected chi connectivity index (χ3v) is 6.23. The molecule has 34 heavy (non-hydrogen) atoms. The van der Waals surface area contributed by atoms with Gasteiger partial charge in [-0.15, -0.1) is 0 Å². The van der Waals surface area contributed by atoms with Gasteiger partial charge in [-0.2, -0.15) is 0 Å². The number of cyclic esters (lactones) is 1. The Balaban J connectivity index is 1.67. The van der Waals surface area contributed by atoms with E-state index in [1.54, 1.807) is 6.07 Å². The van der Waals surface area contributed by atoms with E-state index in [9.17, 15) is 14.7 Å². The summed E-state index contributed by atoms with van der Waals surface area (Å²) in [5.74, 6) is -0.514. The Bertz CT molecular complexity index is 1470. The minimum absolute atomic E-state index is 0.0659. The number of ether oxygens (including phenoxy) is 2. The Morgan fingerprint density at radius 2 is 1.94 bits per heavy atom. The fourth-order valence-corrected chi connectivity index (χ4v) is 4.71. The third kappa shape index (κ3) is 3.77. The van der Waals surface area contributed by atoms with Crippen molar-refractivity contribution in [3.63, 3.8) is 0 Å². The molecule has 1 atom stereocenters. The lowest BCUT2D eigenvalue weighted by Gasteiger charge is -2.34. The number of carboxylic acids is 1. The lowest BCUT2D eigenvalue weighted by molar-refractivity contribution is -0.169. The minimum atomic E-state index is -1.10. The summed E-state index contributed by atoms with van der Waals surface area (Å²) < 4.78 is 17.6. The van der Waals surface area contributed by atoms with E-state index >= 15 is 0 Å². The lowest BCUT2D eigenvalue weighted by Crippen LogP contribution is -2.42. The number of rotatable bonds is 4. The van der Waals surface area contributed by atoms with Gasteiger partial charge in [-0.25, -0.2) is 9.78 Å². The molecule has 0 radical (unpaired) electrons. The number of hydrogen-bond donors (Lipinski definition) is 1. The molecule has 1 saturated heterocycles. The van der Waals surface area contributed by atoms with Crippen LogP contribution < -0.4 is 4.74 Å². The number of aryl methyl sites for hydroxylation is 2. The molecule has 0 aliphatic carbocycles. The summed E-state index contributed by atoms with van der Waals surface area (Å²) >= 11 is 0. The molecule has 3 heterocycles. The second kappa shape index (κ2) is 7.87. The van der Waals surface area contributed by atoms with E-state index < -0.39 is 17.7 Å². The molecular formula is C27H25NO6. The van der Waals surface area contributed by atoms with Gasteiger partial charge in [0.05, 0.1) is 22.9 Å². The number of fused-ring (bicyclic) bond motifs is 2. The van der Waals surface area contributed by atoms with Crippen LogP contribution in [0.25, 0.3) is 33.3 Å². The summed E-state index contributed by atoms with van der Waals surface area (Å²) in [6.45, 7) is 7.48. The quantitative estimate of drug-likeness (QED) is 0.384. The second-order valence-corrected chi connectivity index (χ2v) is 9.40. The van der Waals surface area contributed by atoms with Gasteiger partial charge in [0.25, 0.3) is 0 Å². The molecule has 5 rings (SSSR count). The number of furan rings is 1. The zero-order chi connectivity index (χ0) is 24.2. The maximum atomic E-state index is 12.4. The van der Waals surface area contributed by atoms with Crippen molar-refractivity contribution in [2.24, 2.45) is 0 Å². The highest BCUT2D eigenvalue weighted by molar-refractivity contribution is 6.07. The van der Waals surface area contributed by atoms with Crippen LogP contribution in [0.4, 0.5) is 0 Å². The number of para-hydroxylation sites is 1. The monoisotopic (exact) mass is 459 g/mol. The maximum absolute atomic E-state index is 12.4. The number of benzene rings is 2. The standard InChI is InChI=1S/C27H25NO6/c1-14-9-10-21(32-16-11-22(29)34-27(3,4)13-16)23-18(26(30)31)12-19(28-24(14)23)25-15(2)17-7-5-6-8-20(17)33-25/h5-10,12,16H,11,13H2,1-4H3,(H,30,31). The molecule has 7 heteroatoms. The molecule has 0 bridgehead atoms. The van der Waals surface area contributed by atoms with Crippen molar-refractivity contribution in [3.05, 3.63) is 59.2 Å². The number of aromatic nitrogens is 1. The van der Waals surface area contributed by atoms with Crippen molar-refractivity contribution in [1.29, 1.82) is 0 Å². The van der Waals surface area contributed by atoms with Gasteiger partial charge in [0.1, 0.15) is 28.7 Å². The minimum Gasteiger partial charge on any atom is -0.489 e. The highest BCUT2D eigenvalue weighted by atomic mass is 16.6. The Morgan fingerprint density at radius 1 is 1.18 bits per heavy atom. The van der Waals surface area contributed by atoms with Gasteiger partial charge in [-0.3, -0.25) is 4.79 Å². The molecule has 7 nitrogen and oxygen atoms in total. The molecule has 1 N–H and O–H groups in total. The van der Waals surface area contributed by atoms with E-state index in [2.05, 4.69) is 0 Å². The SMILES string of the molecule is Cc1c(-c2cc(C(=O)O)c3c(OC4CC(=O)OC(C)(C)C4)ccc(C)c3n2)oc2ccccc12. The number of pyridine rings is 1. The van der Waals surface area contributed by atoms with Gasteiger partial charge in [0, 0.05) is 17.4 Å². The van der Waals surface area contributed by atoms with E-state index in [0.717, 1.165) is 22.1 Å². The van der Waals surface area contributed by atoms with Crippen molar-refractivity contribution in [1.82, 2.24) is 4.98 Å². The first-order valence-corrected chi connectivity index (χ1v) is 11.2. The van der Waals surface area contributed by atoms with Crippen molar-refractivity contribution in [2.45, 2.75) is 52.2 Å². The molecule has 0 saturated carbocycles. The Morgan fingerprint density at radius 3 is 2.65 bits per heavy atom. The first kappa shape index (κ1) is 21.9. The van der Waals surface area contributed by atoms with Crippen LogP contribution in [0.15, 0.2) is 46.9 Å². The largest absolute Gasteiger partial charge is 0.489 e. The number of esters is 1. The highest BCUT2D eigenvalue weighted by Gasteiger charge is 2.36. The van der Waals surface area contributed by atoms with Crippen molar-refractivity contribution in [2.75, 3.05) is 0 Å². The Labute approximate surface area is 196 Å². The van der Waals surface area contributed by atoms with Crippen LogP contribution in [0.3, 0.4) is 0 Å². The molecule has 1 unspecified atom stereocenters. The first-order valence-electron chi connectivity index (χ1n) is 11.2. The molecule has 1 aliphatic rings. The molecule has 4 aromatic rings. The predicted molar refractivity (Wildman–Crippen MR) is 127 cm³/mol. The second-order valence-electron chi connectivity index (χ2n) is 9.40. The molecule has 2 aromatic heterocycles. The van der Waals surface area contributed by atoms with Gasteiger partial charge in [0.2, 0.25) is 0 Å². The highest BCUT2D eigenvalue weighted by Crippen LogP contribution is 2.38. The summed E-state index contributed by atoms with van der Waals surface area (Å²) in [5, 5.41) is 11.5. The van der Waals surface area contributed by atoms with E-state index in [-0.39, 0.29) is 18.0 Å². The Kier molecular flexibility index (Phi) is 5.08. The number of carboxylic acid groups (broad SMARTS) is 1. The molecule has 174 valence electrons. The smallest absolute Gasteiger partial charge is 0.336 e. The average Bonchev–Trinajstić information content (AvgIpc) is 3.10. The normalized spacial score (nSPS) is 17.6. The lowest BCUT2D eigenvalue weighted by atomic mass is 9.95. The first-order chi connectivity index (χ1) is 16.1. The van der Waals surface area contributed by atoms with E-state index in [0.29, 0.717) is 34.5 Å². The van der Waals surface area contributed by atoms with Gasteiger partial charge in [0.15, 0.2) is 5.76 Å². The van der Waals surface area contributed by atoms with Crippen LogP contribution in [0.2, 0.25) is 0 Å². The molecule has 2 aromatic carbocycles. The number of hydrogen-bond acceptors (Lipinski definition) is 6. The van der Waals surface area contributed by atoms with Crippen molar-refractivity contribution < 1.29 is 28.6 Å². The van der Waals surface area contributed by atoms with Crippen molar-refractivity contribution >= 4 is 33.8 Å². The van der Waals surface area contributed by atoms with E-state index in [4.69, 9.17) is 18.9 Å². The van der Waals surface area contributed by atoms with Gasteiger partial charge >= 0.3 is 11.9 Å². The number of carbonyl (C=O) groups excluding carboxylic acids is 1. The fraction of sp³-hybridized carbons (Fsp3) is 0.296.